The number of nitrogens with one attached hydrogen (secondary N) is 1. The Kier molecular flexibility index (Phi) is 5.08. The Morgan fingerprint density at radius 3 is 2.67 bits per heavy atom. The molecule has 1 heterocycles. The fourth-order valence-electron chi connectivity index (χ4n) is 1.18. The molecule has 1 aromatic heterocycles. The molecule has 0 bridgehead atoms. The van der Waals surface area contributed by atoms with Gasteiger partial charge in [0.15, 0.2) is 0 Å². The number of ether oxygens (including phenoxy) is 1. The van der Waals surface area contributed by atoms with Crippen LogP contribution >= 0.6 is 0 Å². The molecule has 0 aliphatic heterocycles. The van der Waals surface area contributed by atoms with Gasteiger partial charge in [-0.25, -0.2) is 8.42 Å². The SMILES string of the molecule is CCOc1nc(N)nc(NCCCS(C)(=O)=O)n1. The zero-order valence-corrected chi connectivity index (χ0v) is 11.2. The van der Waals surface area contributed by atoms with Crippen LogP contribution in [0.5, 0.6) is 6.01 Å². The highest BCUT2D eigenvalue weighted by atomic mass is 32.2. The van der Waals surface area contributed by atoms with E-state index in [1.165, 1.54) is 6.26 Å². The van der Waals surface area contributed by atoms with Gasteiger partial charge in [0.05, 0.1) is 12.4 Å². The van der Waals surface area contributed by atoms with Crippen molar-refractivity contribution in [2.75, 3.05) is 36.2 Å². The third-order valence-electron chi connectivity index (χ3n) is 1.88. The van der Waals surface area contributed by atoms with Gasteiger partial charge in [-0.05, 0) is 13.3 Å². The summed E-state index contributed by atoms with van der Waals surface area (Å²) < 4.78 is 27.0. The first-order valence-corrected chi connectivity index (χ1v) is 7.52. The van der Waals surface area contributed by atoms with Crippen molar-refractivity contribution in [3.05, 3.63) is 0 Å². The molecule has 0 aliphatic carbocycles. The lowest BCUT2D eigenvalue weighted by molar-refractivity contribution is 0.312. The second-order valence-electron chi connectivity index (χ2n) is 3.64. The smallest absolute Gasteiger partial charge is 0.323 e. The Hall–Kier alpha value is -1.64. The highest BCUT2D eigenvalue weighted by Gasteiger charge is 2.05. The van der Waals surface area contributed by atoms with E-state index in [0.29, 0.717) is 19.6 Å². The van der Waals surface area contributed by atoms with Crippen LogP contribution in [0.25, 0.3) is 0 Å². The summed E-state index contributed by atoms with van der Waals surface area (Å²) in [5.41, 5.74) is 5.49. The van der Waals surface area contributed by atoms with E-state index in [9.17, 15) is 8.42 Å². The first-order valence-electron chi connectivity index (χ1n) is 5.46. The Morgan fingerprint density at radius 2 is 2.06 bits per heavy atom. The van der Waals surface area contributed by atoms with E-state index in [2.05, 4.69) is 20.3 Å². The van der Waals surface area contributed by atoms with Gasteiger partial charge >= 0.3 is 6.01 Å². The van der Waals surface area contributed by atoms with Crippen LogP contribution < -0.4 is 15.8 Å². The number of sulfone groups is 1. The molecule has 0 atom stereocenters. The fraction of sp³-hybridized carbons (Fsp3) is 0.667. The van der Waals surface area contributed by atoms with Gasteiger partial charge in [0.1, 0.15) is 9.84 Å². The summed E-state index contributed by atoms with van der Waals surface area (Å²) in [5, 5.41) is 2.87. The summed E-state index contributed by atoms with van der Waals surface area (Å²) in [6.07, 6.45) is 1.66. The van der Waals surface area contributed by atoms with E-state index in [1.54, 1.807) is 6.92 Å². The van der Waals surface area contributed by atoms with Crippen molar-refractivity contribution in [3.63, 3.8) is 0 Å². The molecule has 8 nitrogen and oxygen atoms in total. The zero-order chi connectivity index (χ0) is 13.6. The molecule has 0 amide bonds. The van der Waals surface area contributed by atoms with Gasteiger partial charge in [-0.2, -0.15) is 15.0 Å². The van der Waals surface area contributed by atoms with Crippen molar-refractivity contribution in [2.45, 2.75) is 13.3 Å². The molecule has 9 heteroatoms. The summed E-state index contributed by atoms with van der Waals surface area (Å²) in [6.45, 7) is 2.66. The van der Waals surface area contributed by atoms with Crippen LogP contribution in [-0.2, 0) is 9.84 Å². The largest absolute Gasteiger partial charge is 0.464 e. The average molecular weight is 275 g/mol. The molecular weight excluding hydrogens is 258 g/mol. The highest BCUT2D eigenvalue weighted by molar-refractivity contribution is 7.90. The number of anilines is 2. The Bertz CT molecular complexity index is 491. The van der Waals surface area contributed by atoms with Gasteiger partial charge in [0, 0.05) is 12.8 Å². The number of hydrogen-bond acceptors (Lipinski definition) is 8. The first-order chi connectivity index (χ1) is 8.40. The van der Waals surface area contributed by atoms with Crippen molar-refractivity contribution < 1.29 is 13.2 Å². The summed E-state index contributed by atoms with van der Waals surface area (Å²) >= 11 is 0. The van der Waals surface area contributed by atoms with Gasteiger partial charge in [0.25, 0.3) is 0 Å². The minimum absolute atomic E-state index is 0.0547. The molecule has 1 aromatic rings. The maximum absolute atomic E-state index is 10.9. The maximum Gasteiger partial charge on any atom is 0.323 e. The van der Waals surface area contributed by atoms with Crippen LogP contribution in [0.2, 0.25) is 0 Å². The lowest BCUT2D eigenvalue weighted by Gasteiger charge is -2.06. The molecule has 0 radical (unpaired) electrons. The zero-order valence-electron chi connectivity index (χ0n) is 10.4. The molecule has 0 spiro atoms. The van der Waals surface area contributed by atoms with Crippen molar-refractivity contribution in [1.29, 1.82) is 0 Å². The van der Waals surface area contributed by atoms with E-state index in [0.717, 1.165) is 0 Å². The average Bonchev–Trinajstić information content (AvgIpc) is 2.23. The van der Waals surface area contributed by atoms with Crippen molar-refractivity contribution in [2.24, 2.45) is 0 Å². The van der Waals surface area contributed by atoms with Gasteiger partial charge < -0.3 is 15.8 Å². The molecule has 18 heavy (non-hydrogen) atoms. The quantitative estimate of drug-likeness (QED) is 0.651. The van der Waals surface area contributed by atoms with Crippen molar-refractivity contribution in [3.8, 4) is 6.01 Å². The van der Waals surface area contributed by atoms with E-state index < -0.39 is 9.84 Å². The van der Waals surface area contributed by atoms with Crippen LogP contribution in [0, 0.1) is 0 Å². The monoisotopic (exact) mass is 275 g/mol. The molecule has 0 unspecified atom stereocenters. The van der Waals surface area contributed by atoms with Crippen LogP contribution in [0.1, 0.15) is 13.3 Å². The number of rotatable bonds is 7. The second-order valence-corrected chi connectivity index (χ2v) is 5.90. The van der Waals surface area contributed by atoms with Gasteiger partial charge in [-0.3, -0.25) is 0 Å². The van der Waals surface area contributed by atoms with Crippen LogP contribution in [0.15, 0.2) is 0 Å². The topological polar surface area (TPSA) is 120 Å². The summed E-state index contributed by atoms with van der Waals surface area (Å²) in [6, 6.07) is 0.149. The van der Waals surface area contributed by atoms with E-state index in [4.69, 9.17) is 10.5 Å². The molecule has 0 saturated heterocycles. The molecule has 0 aromatic carbocycles. The Morgan fingerprint density at radius 1 is 1.33 bits per heavy atom. The first kappa shape index (κ1) is 14.4. The van der Waals surface area contributed by atoms with Crippen LogP contribution in [0.3, 0.4) is 0 Å². The summed E-state index contributed by atoms with van der Waals surface area (Å²) in [7, 11) is -2.95. The Labute approximate surface area is 106 Å². The number of nitrogen functional groups attached to an aromatic ring is 1. The van der Waals surface area contributed by atoms with E-state index >= 15 is 0 Å². The molecule has 1 rings (SSSR count). The molecular formula is C9H17N5O3S. The molecule has 0 aliphatic rings. The molecule has 3 N–H and O–H groups in total. The summed E-state index contributed by atoms with van der Waals surface area (Å²) in [5.74, 6) is 0.442. The van der Waals surface area contributed by atoms with Gasteiger partial charge in [0.2, 0.25) is 11.9 Å². The number of hydrogen-bond donors (Lipinski definition) is 2. The third kappa shape index (κ3) is 5.62. The minimum atomic E-state index is -2.95. The number of aromatic nitrogens is 3. The number of nitrogens with two attached hydrogens (primary N) is 1. The Balaban J connectivity index is 2.51. The molecule has 0 saturated carbocycles. The fourth-order valence-corrected chi connectivity index (χ4v) is 1.85. The standard InChI is InChI=1S/C9H17N5O3S/c1-3-17-9-13-7(10)12-8(14-9)11-5-4-6-18(2,15)16/h3-6H2,1-2H3,(H3,10,11,12,13,14). The normalized spacial score (nSPS) is 11.2. The lowest BCUT2D eigenvalue weighted by Crippen LogP contribution is -2.13. The third-order valence-corrected chi connectivity index (χ3v) is 2.91. The predicted octanol–water partition coefficient (Wildman–Crippen LogP) is -0.301. The lowest BCUT2D eigenvalue weighted by atomic mass is 10.5. The number of nitrogens with zero attached hydrogens (tertiary/aromatic N) is 3. The van der Waals surface area contributed by atoms with E-state index in [-0.39, 0.29) is 23.7 Å². The van der Waals surface area contributed by atoms with Crippen LogP contribution in [-0.4, -0.2) is 48.5 Å². The minimum Gasteiger partial charge on any atom is -0.464 e. The maximum atomic E-state index is 10.9. The van der Waals surface area contributed by atoms with Gasteiger partial charge in [-0.15, -0.1) is 0 Å². The highest BCUT2D eigenvalue weighted by Crippen LogP contribution is 2.08. The van der Waals surface area contributed by atoms with Gasteiger partial charge in [-0.1, -0.05) is 0 Å². The van der Waals surface area contributed by atoms with Crippen molar-refractivity contribution in [1.82, 2.24) is 15.0 Å². The predicted molar refractivity (Wildman–Crippen MR) is 68.2 cm³/mol. The second kappa shape index (κ2) is 6.34. The molecule has 0 fully saturated rings. The van der Waals surface area contributed by atoms with Crippen molar-refractivity contribution >= 4 is 21.7 Å². The van der Waals surface area contributed by atoms with Crippen LogP contribution in [0.4, 0.5) is 11.9 Å². The molecule has 102 valence electrons. The van der Waals surface area contributed by atoms with E-state index in [1.807, 2.05) is 0 Å². The summed E-state index contributed by atoms with van der Waals surface area (Å²) in [4.78, 5) is 11.6.